The number of nitrogens with zero attached hydrogens (tertiary/aromatic N) is 6. The van der Waals surface area contributed by atoms with E-state index in [-0.39, 0.29) is 11.9 Å². The minimum absolute atomic E-state index is 0.0172. The molecule has 43 heavy (non-hydrogen) atoms. The number of nitrogens with one attached hydrogen (secondary N) is 2. The molecule has 6 rings (SSSR count). The van der Waals surface area contributed by atoms with Gasteiger partial charge in [-0.15, -0.1) is 0 Å². The summed E-state index contributed by atoms with van der Waals surface area (Å²) in [7, 11) is 4.09. The topological polar surface area (TPSA) is 108 Å². The first kappa shape index (κ1) is 28.6. The Labute approximate surface area is 251 Å². The summed E-state index contributed by atoms with van der Waals surface area (Å²) in [5.74, 6) is 1.57. The lowest BCUT2D eigenvalue weighted by molar-refractivity contribution is 0.0783. The van der Waals surface area contributed by atoms with Crippen LogP contribution in [0.15, 0.2) is 60.8 Å². The van der Waals surface area contributed by atoms with Crippen molar-refractivity contribution in [3.8, 4) is 11.4 Å². The van der Waals surface area contributed by atoms with E-state index in [1.165, 1.54) is 0 Å². The number of rotatable bonds is 7. The van der Waals surface area contributed by atoms with Crippen LogP contribution in [-0.4, -0.2) is 95.8 Å². The van der Waals surface area contributed by atoms with E-state index in [1.54, 1.807) is 24.3 Å². The molecule has 0 radical (unpaired) electrons. The van der Waals surface area contributed by atoms with Crippen LogP contribution in [0.25, 0.3) is 22.4 Å². The molecule has 2 saturated heterocycles. The Morgan fingerprint density at radius 2 is 1.60 bits per heavy atom. The van der Waals surface area contributed by atoms with Gasteiger partial charge in [-0.05, 0) is 82.0 Å². The van der Waals surface area contributed by atoms with Crippen LogP contribution in [0, 0.1) is 0 Å². The van der Waals surface area contributed by atoms with Gasteiger partial charge in [-0.25, -0.2) is 14.8 Å². The van der Waals surface area contributed by atoms with E-state index in [0.29, 0.717) is 42.0 Å². The molecule has 3 amide bonds. The van der Waals surface area contributed by atoms with Crippen molar-refractivity contribution in [3.05, 3.63) is 66.4 Å². The summed E-state index contributed by atoms with van der Waals surface area (Å²) in [6, 6.07) is 16.6. The first-order valence-electron chi connectivity index (χ1n) is 14.8. The number of likely N-dealkylation sites (N-methyl/N-ethyl adjacent to an activating group) is 1. The van der Waals surface area contributed by atoms with E-state index in [4.69, 9.17) is 14.7 Å². The van der Waals surface area contributed by atoms with Crippen LogP contribution in [0.1, 0.15) is 23.7 Å². The lowest BCUT2D eigenvalue weighted by Gasteiger charge is -2.28. The number of carbonyl (C=O) groups excluding carboxylic acids is 2. The van der Waals surface area contributed by atoms with Gasteiger partial charge in [0.05, 0.1) is 18.6 Å². The summed E-state index contributed by atoms with van der Waals surface area (Å²) in [5.41, 5.74) is 3.63. The molecule has 2 fully saturated rings. The van der Waals surface area contributed by atoms with Crippen molar-refractivity contribution in [1.29, 1.82) is 0 Å². The highest BCUT2D eigenvalue weighted by molar-refractivity contribution is 6.00. The SMILES string of the molecule is CCn1ccc2c(N3CCOCC3)nc(-c3ccc(NC(=O)Nc4ccc(C(=O)N5CCC(N(C)C)C5)cc4)cc3)nc21. The largest absolute Gasteiger partial charge is 0.378 e. The smallest absolute Gasteiger partial charge is 0.323 e. The Bertz CT molecular complexity index is 1590. The molecule has 2 aromatic carbocycles. The molecule has 1 unspecified atom stereocenters. The van der Waals surface area contributed by atoms with Gasteiger partial charge in [-0.1, -0.05) is 0 Å². The highest BCUT2D eigenvalue weighted by Gasteiger charge is 2.28. The molecule has 0 bridgehead atoms. The Morgan fingerprint density at radius 3 is 2.23 bits per heavy atom. The van der Waals surface area contributed by atoms with Gasteiger partial charge in [0.2, 0.25) is 0 Å². The first-order chi connectivity index (χ1) is 20.9. The van der Waals surface area contributed by atoms with Crippen LogP contribution in [0.4, 0.5) is 22.0 Å². The maximum Gasteiger partial charge on any atom is 0.323 e. The maximum absolute atomic E-state index is 12.9. The third kappa shape index (κ3) is 6.18. The van der Waals surface area contributed by atoms with E-state index >= 15 is 0 Å². The molecule has 0 spiro atoms. The standard InChI is InChI=1S/C32H38N8O3/c1-4-38-16-14-27-29(38)35-28(36-30(27)39-17-19-43-20-18-39)22-5-9-24(10-6-22)33-32(42)34-25-11-7-23(8-12-25)31(41)40-15-13-26(21-40)37(2)3/h5-12,14,16,26H,4,13,15,17-21H2,1-3H3,(H2,33,34,42). The van der Waals surface area contributed by atoms with E-state index in [9.17, 15) is 9.59 Å². The number of aromatic nitrogens is 3. The third-order valence-corrected chi connectivity index (χ3v) is 8.22. The number of aryl methyl sites for hydroxylation is 1. The number of benzene rings is 2. The van der Waals surface area contributed by atoms with Crippen molar-refractivity contribution in [2.24, 2.45) is 0 Å². The quantitative estimate of drug-likeness (QED) is 0.333. The fourth-order valence-electron chi connectivity index (χ4n) is 5.67. The molecular formula is C32H38N8O3. The van der Waals surface area contributed by atoms with Crippen LogP contribution >= 0.6 is 0 Å². The van der Waals surface area contributed by atoms with Gasteiger partial charge >= 0.3 is 6.03 Å². The van der Waals surface area contributed by atoms with E-state index in [1.807, 2.05) is 43.3 Å². The lowest BCUT2D eigenvalue weighted by atomic mass is 10.2. The fourth-order valence-corrected chi connectivity index (χ4v) is 5.67. The second-order valence-electron chi connectivity index (χ2n) is 11.2. The first-order valence-corrected chi connectivity index (χ1v) is 14.8. The predicted octanol–water partition coefficient (Wildman–Crippen LogP) is 4.37. The molecule has 0 saturated carbocycles. The van der Waals surface area contributed by atoms with Gasteiger partial charge in [0.25, 0.3) is 5.91 Å². The van der Waals surface area contributed by atoms with Crippen LogP contribution in [-0.2, 0) is 11.3 Å². The molecule has 2 N–H and O–H groups in total. The van der Waals surface area contributed by atoms with Crippen LogP contribution in [0.3, 0.4) is 0 Å². The van der Waals surface area contributed by atoms with Crippen molar-refractivity contribution in [2.45, 2.75) is 25.9 Å². The second kappa shape index (κ2) is 12.4. The molecule has 2 aromatic heterocycles. The van der Waals surface area contributed by atoms with Gasteiger partial charge in [-0.2, -0.15) is 0 Å². The molecular weight excluding hydrogens is 544 g/mol. The van der Waals surface area contributed by atoms with Crippen molar-refractivity contribution >= 4 is 40.2 Å². The third-order valence-electron chi connectivity index (χ3n) is 8.22. The van der Waals surface area contributed by atoms with Gasteiger partial charge in [-0.3, -0.25) is 4.79 Å². The van der Waals surface area contributed by atoms with Crippen molar-refractivity contribution in [3.63, 3.8) is 0 Å². The number of morpholine rings is 1. The van der Waals surface area contributed by atoms with Crippen molar-refractivity contribution < 1.29 is 14.3 Å². The molecule has 0 aliphatic carbocycles. The van der Waals surface area contributed by atoms with Gasteiger partial charge in [0.15, 0.2) is 5.82 Å². The molecule has 2 aliphatic rings. The summed E-state index contributed by atoms with van der Waals surface area (Å²) in [5, 5.41) is 6.76. The van der Waals surface area contributed by atoms with Crippen LogP contribution < -0.4 is 15.5 Å². The number of hydrogen-bond donors (Lipinski definition) is 2. The number of likely N-dealkylation sites (tertiary alicyclic amines) is 1. The highest BCUT2D eigenvalue weighted by Crippen LogP contribution is 2.29. The number of fused-ring (bicyclic) bond motifs is 1. The molecule has 4 aromatic rings. The average molecular weight is 583 g/mol. The summed E-state index contributed by atoms with van der Waals surface area (Å²) in [6.07, 6.45) is 3.03. The van der Waals surface area contributed by atoms with Crippen LogP contribution in [0.2, 0.25) is 0 Å². The van der Waals surface area contributed by atoms with Gasteiger partial charge in [0.1, 0.15) is 11.5 Å². The zero-order valence-electron chi connectivity index (χ0n) is 24.9. The monoisotopic (exact) mass is 582 g/mol. The number of amides is 3. The summed E-state index contributed by atoms with van der Waals surface area (Å²) >= 11 is 0. The Balaban J connectivity index is 1.11. The minimum atomic E-state index is -0.367. The van der Waals surface area contributed by atoms with Gasteiger partial charge < -0.3 is 34.6 Å². The van der Waals surface area contributed by atoms with Crippen LogP contribution in [0.5, 0.6) is 0 Å². The number of urea groups is 1. The highest BCUT2D eigenvalue weighted by atomic mass is 16.5. The fraction of sp³-hybridized carbons (Fsp3) is 0.375. The second-order valence-corrected chi connectivity index (χ2v) is 11.2. The number of ether oxygens (including phenoxy) is 1. The summed E-state index contributed by atoms with van der Waals surface area (Å²) in [4.78, 5) is 41.8. The number of hydrogen-bond acceptors (Lipinski definition) is 7. The zero-order valence-corrected chi connectivity index (χ0v) is 24.9. The zero-order chi connectivity index (χ0) is 29.9. The average Bonchev–Trinajstić information content (AvgIpc) is 3.69. The minimum Gasteiger partial charge on any atom is -0.378 e. The van der Waals surface area contributed by atoms with Crippen molar-refractivity contribution in [1.82, 2.24) is 24.3 Å². The predicted molar refractivity (Wildman–Crippen MR) is 169 cm³/mol. The summed E-state index contributed by atoms with van der Waals surface area (Å²) in [6.45, 7) is 7.33. The van der Waals surface area contributed by atoms with E-state index in [2.05, 4.69) is 44.2 Å². The Morgan fingerprint density at radius 1 is 0.930 bits per heavy atom. The number of carbonyl (C=O) groups is 2. The molecule has 2 aliphatic heterocycles. The molecule has 1 atom stereocenters. The number of anilines is 3. The summed E-state index contributed by atoms with van der Waals surface area (Å²) < 4.78 is 7.68. The molecule has 4 heterocycles. The molecule has 224 valence electrons. The van der Waals surface area contributed by atoms with E-state index < -0.39 is 0 Å². The van der Waals surface area contributed by atoms with E-state index in [0.717, 1.165) is 61.6 Å². The normalized spacial score (nSPS) is 17.1. The molecule has 11 heteroatoms. The van der Waals surface area contributed by atoms with Crippen molar-refractivity contribution in [2.75, 3.05) is 69.0 Å². The Hall–Kier alpha value is -4.48. The lowest BCUT2D eigenvalue weighted by Crippen LogP contribution is -2.37. The Kier molecular flexibility index (Phi) is 8.26. The molecule has 11 nitrogen and oxygen atoms in total. The maximum atomic E-state index is 12.9. The van der Waals surface area contributed by atoms with Gasteiger partial charge in [0, 0.05) is 67.5 Å².